The predicted molar refractivity (Wildman–Crippen MR) is 106 cm³/mol. The van der Waals surface area contributed by atoms with Crippen LogP contribution >= 0.6 is 35.6 Å². The molecule has 1 aromatic rings. The average Bonchev–Trinajstić information content (AvgIpc) is 2.50. The number of benzene rings is 1. The van der Waals surface area contributed by atoms with Crippen LogP contribution in [0, 0.1) is 0 Å². The normalized spacial score (nSPS) is 11.0. The van der Waals surface area contributed by atoms with E-state index in [0.29, 0.717) is 0 Å². The zero-order chi connectivity index (χ0) is 15.3. The summed E-state index contributed by atoms with van der Waals surface area (Å²) >= 11 is 5.87. The second-order valence-electron chi connectivity index (χ2n) is 4.86. The van der Waals surface area contributed by atoms with Gasteiger partial charge in [0.25, 0.3) is 0 Å². The predicted octanol–water partition coefficient (Wildman–Crippen LogP) is 3.48. The van der Waals surface area contributed by atoms with Crippen molar-refractivity contribution in [2.24, 2.45) is 4.99 Å². The minimum Gasteiger partial charge on any atom is -0.385 e. The van der Waals surface area contributed by atoms with Crippen LogP contribution in [0.2, 0.25) is 5.02 Å². The van der Waals surface area contributed by atoms with E-state index in [1.807, 2.05) is 12.1 Å². The third-order valence-electron chi connectivity index (χ3n) is 3.16. The first kappa shape index (κ1) is 21.5. The Balaban J connectivity index is 0.00000441. The van der Waals surface area contributed by atoms with E-state index in [1.165, 1.54) is 12.0 Å². The molecule has 2 N–H and O–H groups in total. The van der Waals surface area contributed by atoms with Gasteiger partial charge in [0.05, 0.1) is 0 Å². The lowest BCUT2D eigenvalue weighted by molar-refractivity contribution is 0.192. The van der Waals surface area contributed by atoms with Crippen LogP contribution in [-0.4, -0.2) is 39.8 Å². The van der Waals surface area contributed by atoms with Crippen molar-refractivity contribution in [3.8, 4) is 0 Å². The van der Waals surface area contributed by atoms with Gasteiger partial charge in [-0.1, -0.05) is 23.7 Å². The lowest BCUT2D eigenvalue weighted by Gasteiger charge is -2.11. The summed E-state index contributed by atoms with van der Waals surface area (Å²) < 4.78 is 5.03. The summed E-state index contributed by atoms with van der Waals surface area (Å²) in [4.78, 5) is 4.22. The molecule has 6 heteroatoms. The summed E-state index contributed by atoms with van der Waals surface area (Å²) in [6.07, 6.45) is 4.36. The first-order chi connectivity index (χ1) is 10.3. The first-order valence-corrected chi connectivity index (χ1v) is 7.82. The van der Waals surface area contributed by atoms with Crippen molar-refractivity contribution in [3.05, 3.63) is 34.9 Å². The lowest BCUT2D eigenvalue weighted by Crippen LogP contribution is -2.38. The summed E-state index contributed by atoms with van der Waals surface area (Å²) in [5.74, 6) is 0.857. The smallest absolute Gasteiger partial charge is 0.190 e. The Morgan fingerprint density at radius 1 is 1.09 bits per heavy atom. The molecule has 1 aromatic carbocycles. The molecule has 0 amide bonds. The number of hydrogen-bond donors (Lipinski definition) is 2. The van der Waals surface area contributed by atoms with Gasteiger partial charge in [0.15, 0.2) is 5.96 Å². The second kappa shape index (κ2) is 14.1. The van der Waals surface area contributed by atoms with Gasteiger partial charge in [0.1, 0.15) is 0 Å². The van der Waals surface area contributed by atoms with Crippen LogP contribution in [0.5, 0.6) is 0 Å². The molecule has 0 saturated heterocycles. The Morgan fingerprint density at radius 2 is 1.77 bits per heavy atom. The molecule has 22 heavy (non-hydrogen) atoms. The summed E-state index contributed by atoms with van der Waals surface area (Å²) in [6, 6.07) is 7.94. The van der Waals surface area contributed by atoms with Crippen molar-refractivity contribution in [1.29, 1.82) is 0 Å². The zero-order valence-electron chi connectivity index (χ0n) is 13.4. The molecule has 0 atom stereocenters. The van der Waals surface area contributed by atoms with Crippen molar-refractivity contribution in [2.75, 3.05) is 33.9 Å². The average molecular weight is 440 g/mol. The molecule has 0 aliphatic rings. The van der Waals surface area contributed by atoms with Crippen molar-refractivity contribution in [1.82, 2.24) is 10.6 Å². The van der Waals surface area contributed by atoms with Gasteiger partial charge in [-0.25, -0.2) is 0 Å². The molecule has 0 aliphatic carbocycles. The Morgan fingerprint density at radius 3 is 2.41 bits per heavy atom. The van der Waals surface area contributed by atoms with Crippen molar-refractivity contribution in [3.63, 3.8) is 0 Å². The number of nitrogens with one attached hydrogen (secondary N) is 2. The highest BCUT2D eigenvalue weighted by Gasteiger charge is 1.98. The van der Waals surface area contributed by atoms with Gasteiger partial charge in [-0.3, -0.25) is 4.99 Å². The molecule has 4 nitrogen and oxygen atoms in total. The standard InChI is InChI=1S/C16H26ClN3O.HI/c1-18-16(19-11-4-3-5-13-21-2)20-12-10-14-6-8-15(17)9-7-14;/h6-9H,3-5,10-13H2,1-2H3,(H2,18,19,20);1H. The van der Waals surface area contributed by atoms with Gasteiger partial charge in [-0.05, 0) is 43.4 Å². The molecule has 126 valence electrons. The third kappa shape index (κ3) is 10.2. The molecule has 0 saturated carbocycles. The molecule has 0 aliphatic heterocycles. The molecular weight excluding hydrogens is 413 g/mol. The number of nitrogens with zero attached hydrogens (tertiary/aromatic N) is 1. The fourth-order valence-electron chi connectivity index (χ4n) is 1.95. The highest BCUT2D eigenvalue weighted by atomic mass is 127. The molecule has 0 heterocycles. The van der Waals surface area contributed by atoms with E-state index in [2.05, 4.69) is 27.8 Å². The molecule has 0 unspecified atom stereocenters. The lowest BCUT2D eigenvalue weighted by atomic mass is 10.1. The highest BCUT2D eigenvalue weighted by Crippen LogP contribution is 2.09. The number of halogens is 2. The van der Waals surface area contributed by atoms with E-state index in [9.17, 15) is 0 Å². The maximum absolute atomic E-state index is 5.87. The molecule has 0 aromatic heterocycles. The molecule has 0 radical (unpaired) electrons. The maximum Gasteiger partial charge on any atom is 0.190 e. The Bertz CT molecular complexity index is 412. The zero-order valence-corrected chi connectivity index (χ0v) is 16.5. The fourth-order valence-corrected chi connectivity index (χ4v) is 2.08. The molecule has 0 bridgehead atoms. The van der Waals surface area contributed by atoms with Crippen LogP contribution in [-0.2, 0) is 11.2 Å². The first-order valence-electron chi connectivity index (χ1n) is 7.44. The van der Waals surface area contributed by atoms with Crippen LogP contribution in [0.15, 0.2) is 29.3 Å². The molecular formula is C16H27ClIN3O. The van der Waals surface area contributed by atoms with Gasteiger partial charge in [0, 0.05) is 38.9 Å². The number of rotatable bonds is 9. The Hall–Kier alpha value is -0.530. The number of ether oxygens (including phenoxy) is 1. The van der Waals surface area contributed by atoms with Crippen molar-refractivity contribution < 1.29 is 4.74 Å². The SMILES string of the molecule is CN=C(NCCCCCOC)NCCc1ccc(Cl)cc1.I. The van der Waals surface area contributed by atoms with Gasteiger partial charge in [-0.15, -0.1) is 24.0 Å². The van der Waals surface area contributed by atoms with Crippen LogP contribution in [0.25, 0.3) is 0 Å². The minimum atomic E-state index is 0. The van der Waals surface area contributed by atoms with E-state index in [0.717, 1.165) is 49.9 Å². The van der Waals surface area contributed by atoms with Crippen molar-refractivity contribution >= 4 is 41.5 Å². The number of aliphatic imine (C=N–C) groups is 1. The molecule has 0 fully saturated rings. The van der Waals surface area contributed by atoms with E-state index in [-0.39, 0.29) is 24.0 Å². The molecule has 0 spiro atoms. The Kier molecular flexibility index (Phi) is 13.7. The number of hydrogen-bond acceptors (Lipinski definition) is 2. The monoisotopic (exact) mass is 439 g/mol. The van der Waals surface area contributed by atoms with Gasteiger partial charge in [0.2, 0.25) is 0 Å². The van der Waals surface area contributed by atoms with Crippen LogP contribution in [0.3, 0.4) is 0 Å². The quantitative estimate of drug-likeness (QED) is 0.268. The number of unbranched alkanes of at least 4 members (excludes halogenated alkanes) is 2. The van der Waals surface area contributed by atoms with Gasteiger partial charge >= 0.3 is 0 Å². The van der Waals surface area contributed by atoms with Crippen LogP contribution < -0.4 is 10.6 Å². The molecule has 1 rings (SSSR count). The summed E-state index contributed by atoms with van der Waals surface area (Å²) in [5.41, 5.74) is 1.27. The fraction of sp³-hybridized carbons (Fsp3) is 0.562. The van der Waals surface area contributed by atoms with E-state index in [4.69, 9.17) is 16.3 Å². The van der Waals surface area contributed by atoms with Crippen LogP contribution in [0.1, 0.15) is 24.8 Å². The number of guanidine groups is 1. The largest absolute Gasteiger partial charge is 0.385 e. The van der Waals surface area contributed by atoms with E-state index < -0.39 is 0 Å². The summed E-state index contributed by atoms with van der Waals surface area (Å²) in [5, 5.41) is 7.41. The van der Waals surface area contributed by atoms with Crippen LogP contribution in [0.4, 0.5) is 0 Å². The van der Waals surface area contributed by atoms with Gasteiger partial charge < -0.3 is 15.4 Å². The highest BCUT2D eigenvalue weighted by molar-refractivity contribution is 14.0. The van der Waals surface area contributed by atoms with E-state index in [1.54, 1.807) is 14.2 Å². The Labute approximate surface area is 156 Å². The third-order valence-corrected chi connectivity index (χ3v) is 3.41. The number of methoxy groups -OCH3 is 1. The summed E-state index contributed by atoms with van der Waals surface area (Å²) in [7, 11) is 3.53. The maximum atomic E-state index is 5.87. The summed E-state index contributed by atoms with van der Waals surface area (Å²) in [6.45, 7) is 2.63. The van der Waals surface area contributed by atoms with Gasteiger partial charge in [-0.2, -0.15) is 0 Å². The van der Waals surface area contributed by atoms with E-state index >= 15 is 0 Å². The second-order valence-corrected chi connectivity index (χ2v) is 5.29. The van der Waals surface area contributed by atoms with Crippen molar-refractivity contribution in [2.45, 2.75) is 25.7 Å². The minimum absolute atomic E-state index is 0. The topological polar surface area (TPSA) is 45.7 Å².